The van der Waals surface area contributed by atoms with Crippen LogP contribution in [0.15, 0.2) is 53.6 Å². The minimum atomic E-state index is 0.569. The normalized spacial score (nSPS) is 10.0. The monoisotopic (exact) mass is 358 g/mol. The summed E-state index contributed by atoms with van der Waals surface area (Å²) in [7, 11) is 0. The topological polar surface area (TPSA) is 42.2 Å². The fraction of sp³-hybridized carbons (Fsp3) is 0.176. The molecule has 0 amide bonds. The van der Waals surface area contributed by atoms with Crippen molar-refractivity contribution in [3.05, 3.63) is 59.2 Å². The fourth-order valence-electron chi connectivity index (χ4n) is 1.89. The van der Waals surface area contributed by atoms with Crippen molar-refractivity contribution in [2.45, 2.75) is 20.8 Å². The number of fused-ring (bicyclic) bond motifs is 1. The molecule has 0 aliphatic heterocycles. The highest BCUT2D eigenvalue weighted by atomic mass is 79.9. The third-order valence-electron chi connectivity index (χ3n) is 2.95. The first-order chi connectivity index (χ1) is 10.6. The van der Waals surface area contributed by atoms with Gasteiger partial charge in [0.05, 0.1) is 4.47 Å². The van der Waals surface area contributed by atoms with Gasteiger partial charge in [-0.2, -0.15) is 4.98 Å². The number of halogens is 1. The van der Waals surface area contributed by atoms with Crippen molar-refractivity contribution in [3.63, 3.8) is 0 Å². The van der Waals surface area contributed by atoms with E-state index in [9.17, 15) is 0 Å². The molecule has 0 aliphatic rings. The van der Waals surface area contributed by atoms with E-state index in [1.165, 1.54) is 0 Å². The number of aromatic nitrogens is 3. The molecule has 0 spiro atoms. The Bertz CT molecular complexity index is 775. The molecule has 0 aliphatic carbocycles. The Kier molecular flexibility index (Phi) is 5.33. The minimum Gasteiger partial charge on any atom is -0.323 e. The van der Waals surface area contributed by atoms with Gasteiger partial charge in [0.15, 0.2) is 5.65 Å². The van der Waals surface area contributed by atoms with Crippen LogP contribution in [0.2, 0.25) is 0 Å². The van der Waals surface area contributed by atoms with Crippen LogP contribution in [0.3, 0.4) is 0 Å². The summed E-state index contributed by atoms with van der Waals surface area (Å²) in [5.41, 5.74) is 3.91. The van der Waals surface area contributed by atoms with Gasteiger partial charge in [-0.25, -0.2) is 4.52 Å². The Morgan fingerprint density at radius 1 is 1.18 bits per heavy atom. The maximum Gasteiger partial charge on any atom is 0.247 e. The Balaban J connectivity index is 0.000000847. The molecule has 114 valence electrons. The van der Waals surface area contributed by atoms with Gasteiger partial charge in [0.25, 0.3) is 0 Å². The molecule has 0 atom stereocenters. The molecule has 2 aromatic heterocycles. The number of hydrogen-bond acceptors (Lipinski definition) is 3. The molecular formula is C17H19BrN4. The van der Waals surface area contributed by atoms with Gasteiger partial charge in [-0.3, -0.25) is 0 Å². The van der Waals surface area contributed by atoms with Gasteiger partial charge in [0.1, 0.15) is 0 Å². The van der Waals surface area contributed by atoms with E-state index in [1.807, 2.05) is 63.4 Å². The average molecular weight is 359 g/mol. The highest BCUT2D eigenvalue weighted by Gasteiger charge is 2.06. The molecule has 5 heteroatoms. The zero-order valence-corrected chi connectivity index (χ0v) is 14.6. The number of benzene rings is 1. The Labute approximate surface area is 139 Å². The number of nitrogens with zero attached hydrogens (tertiary/aromatic N) is 3. The average Bonchev–Trinajstić information content (AvgIpc) is 2.94. The molecule has 1 N–H and O–H groups in total. The maximum absolute atomic E-state index is 4.44. The molecule has 0 saturated carbocycles. The van der Waals surface area contributed by atoms with Crippen LogP contribution in [0.4, 0.5) is 11.6 Å². The van der Waals surface area contributed by atoms with Crippen molar-refractivity contribution in [2.75, 3.05) is 5.32 Å². The lowest BCUT2D eigenvalue weighted by Gasteiger charge is -2.03. The summed E-state index contributed by atoms with van der Waals surface area (Å²) >= 11 is 3.46. The van der Waals surface area contributed by atoms with Crippen LogP contribution >= 0.6 is 15.9 Å². The molecule has 1 aromatic carbocycles. The molecule has 3 aromatic rings. The van der Waals surface area contributed by atoms with Gasteiger partial charge in [0, 0.05) is 11.9 Å². The van der Waals surface area contributed by atoms with E-state index in [0.29, 0.717) is 5.95 Å². The number of rotatable bonds is 3. The first kappa shape index (κ1) is 16.2. The van der Waals surface area contributed by atoms with Crippen molar-refractivity contribution < 1.29 is 0 Å². The summed E-state index contributed by atoms with van der Waals surface area (Å²) < 4.78 is 2.65. The zero-order valence-electron chi connectivity index (χ0n) is 13.0. The molecule has 0 radical (unpaired) electrons. The number of hydrogen-bond donors (Lipinski definition) is 1. The second-order valence-corrected chi connectivity index (χ2v) is 5.40. The fourth-order valence-corrected chi connectivity index (χ4v) is 2.32. The predicted octanol–water partition coefficient (Wildman–Crippen LogP) is 5.29. The second-order valence-electron chi connectivity index (χ2n) is 4.54. The van der Waals surface area contributed by atoms with E-state index < -0.39 is 0 Å². The van der Waals surface area contributed by atoms with Crippen LogP contribution in [0, 0.1) is 0 Å². The first-order valence-electron chi connectivity index (χ1n) is 7.17. The summed E-state index contributed by atoms with van der Waals surface area (Å²) in [5.74, 6) is 0.569. The number of anilines is 2. The van der Waals surface area contributed by atoms with Crippen LogP contribution in [0.1, 0.15) is 26.3 Å². The van der Waals surface area contributed by atoms with E-state index >= 15 is 0 Å². The lowest BCUT2D eigenvalue weighted by molar-refractivity contribution is 0.962. The van der Waals surface area contributed by atoms with Gasteiger partial charge in [-0.1, -0.05) is 38.1 Å². The van der Waals surface area contributed by atoms with Gasteiger partial charge in [-0.05, 0) is 52.7 Å². The molecule has 4 nitrogen and oxygen atoms in total. The third kappa shape index (κ3) is 3.54. The SMILES string of the molecule is C=C(C)c1ccc(Nc2nc3c(Br)cccn3n2)cc1.CC. The van der Waals surface area contributed by atoms with Crippen LogP contribution in [-0.2, 0) is 0 Å². The third-order valence-corrected chi connectivity index (χ3v) is 3.57. The van der Waals surface area contributed by atoms with Gasteiger partial charge in [0.2, 0.25) is 5.95 Å². The Morgan fingerprint density at radius 3 is 2.45 bits per heavy atom. The van der Waals surface area contributed by atoms with Gasteiger partial charge >= 0.3 is 0 Å². The summed E-state index contributed by atoms with van der Waals surface area (Å²) in [4.78, 5) is 4.44. The van der Waals surface area contributed by atoms with Crippen molar-refractivity contribution in [2.24, 2.45) is 0 Å². The molecule has 0 saturated heterocycles. The molecule has 2 heterocycles. The van der Waals surface area contributed by atoms with E-state index in [-0.39, 0.29) is 0 Å². The van der Waals surface area contributed by atoms with Crippen molar-refractivity contribution in [1.29, 1.82) is 0 Å². The van der Waals surface area contributed by atoms with E-state index in [2.05, 4.69) is 37.9 Å². The molecule has 0 fully saturated rings. The summed E-state index contributed by atoms with van der Waals surface area (Å²) in [5, 5.41) is 7.57. The zero-order chi connectivity index (χ0) is 16.1. The standard InChI is InChI=1S/C15H13BrN4.C2H6/c1-10(2)11-5-7-12(8-6-11)17-15-18-14-13(16)4-3-9-20(14)19-15;1-2/h3-9H,1H2,2H3,(H,17,19);1-2H3. The smallest absolute Gasteiger partial charge is 0.247 e. The minimum absolute atomic E-state index is 0.569. The van der Waals surface area contributed by atoms with Crippen LogP contribution in [0.25, 0.3) is 11.2 Å². The largest absolute Gasteiger partial charge is 0.323 e. The molecule has 0 bridgehead atoms. The van der Waals surface area contributed by atoms with Crippen molar-refractivity contribution in [3.8, 4) is 0 Å². The summed E-state index contributed by atoms with van der Waals surface area (Å²) in [6.07, 6.45) is 1.86. The Morgan fingerprint density at radius 2 is 1.86 bits per heavy atom. The number of allylic oxidation sites excluding steroid dienone is 1. The highest BCUT2D eigenvalue weighted by molar-refractivity contribution is 9.10. The van der Waals surface area contributed by atoms with Crippen LogP contribution in [0.5, 0.6) is 0 Å². The number of pyridine rings is 1. The number of nitrogens with one attached hydrogen (secondary N) is 1. The van der Waals surface area contributed by atoms with Crippen LogP contribution in [-0.4, -0.2) is 14.6 Å². The predicted molar refractivity (Wildman–Crippen MR) is 96.5 cm³/mol. The van der Waals surface area contributed by atoms with E-state index in [0.717, 1.165) is 26.9 Å². The second kappa shape index (κ2) is 7.22. The van der Waals surface area contributed by atoms with Crippen molar-refractivity contribution >= 4 is 38.8 Å². The molecule has 22 heavy (non-hydrogen) atoms. The summed E-state index contributed by atoms with van der Waals surface area (Å²) in [6.45, 7) is 9.91. The van der Waals surface area contributed by atoms with E-state index in [4.69, 9.17) is 0 Å². The summed E-state index contributed by atoms with van der Waals surface area (Å²) in [6, 6.07) is 11.9. The maximum atomic E-state index is 4.44. The van der Waals surface area contributed by atoms with Gasteiger partial charge in [-0.15, -0.1) is 5.10 Å². The highest BCUT2D eigenvalue weighted by Crippen LogP contribution is 2.20. The molecule has 0 unspecified atom stereocenters. The first-order valence-corrected chi connectivity index (χ1v) is 7.96. The van der Waals surface area contributed by atoms with Gasteiger partial charge < -0.3 is 5.32 Å². The van der Waals surface area contributed by atoms with E-state index in [1.54, 1.807) is 4.52 Å². The quantitative estimate of drug-likeness (QED) is 0.690. The molecule has 3 rings (SSSR count). The lowest BCUT2D eigenvalue weighted by Crippen LogP contribution is -1.93. The van der Waals surface area contributed by atoms with Crippen LogP contribution < -0.4 is 5.32 Å². The van der Waals surface area contributed by atoms with Crippen molar-refractivity contribution in [1.82, 2.24) is 14.6 Å². The Hall–Kier alpha value is -2.14. The molecular weight excluding hydrogens is 340 g/mol. The lowest BCUT2D eigenvalue weighted by atomic mass is 10.1.